The number of fused-ring (bicyclic) bond motifs is 1. The fraction of sp³-hybridized carbons (Fsp3) is 0.200. The number of aryl methyl sites for hydroxylation is 1. The molecule has 3 rings (SSSR count). The van der Waals surface area contributed by atoms with Crippen molar-refractivity contribution in [2.75, 3.05) is 6.79 Å². The molecule has 0 fully saturated rings. The summed E-state index contributed by atoms with van der Waals surface area (Å²) in [5.74, 6) is 0.461. The van der Waals surface area contributed by atoms with E-state index in [9.17, 15) is 14.9 Å². The third-order valence-corrected chi connectivity index (χ3v) is 3.37. The summed E-state index contributed by atoms with van der Waals surface area (Å²) in [4.78, 5) is 22.7. The Morgan fingerprint density at radius 2 is 2.17 bits per heavy atom. The SMILES string of the molecule is CCn1cc(C(=O)/C=C/c2cc3c(cc2[N+](=O)[O-])OCO3)cn1. The lowest BCUT2D eigenvalue weighted by molar-refractivity contribution is -0.385. The van der Waals surface area contributed by atoms with E-state index in [1.165, 1.54) is 30.5 Å². The van der Waals surface area contributed by atoms with Gasteiger partial charge in [-0.2, -0.15) is 5.10 Å². The number of benzene rings is 1. The summed E-state index contributed by atoms with van der Waals surface area (Å²) in [7, 11) is 0. The number of hydrogen-bond acceptors (Lipinski definition) is 6. The van der Waals surface area contributed by atoms with Gasteiger partial charge in [-0.25, -0.2) is 0 Å². The molecule has 0 N–H and O–H groups in total. The lowest BCUT2D eigenvalue weighted by Crippen LogP contribution is -1.95. The van der Waals surface area contributed by atoms with Gasteiger partial charge in [0, 0.05) is 12.7 Å². The van der Waals surface area contributed by atoms with Gasteiger partial charge in [-0.05, 0) is 25.1 Å². The van der Waals surface area contributed by atoms with Gasteiger partial charge >= 0.3 is 0 Å². The number of ether oxygens (including phenoxy) is 2. The summed E-state index contributed by atoms with van der Waals surface area (Å²) in [6.45, 7) is 2.59. The van der Waals surface area contributed by atoms with Crippen LogP contribution in [0.25, 0.3) is 6.08 Å². The van der Waals surface area contributed by atoms with Gasteiger partial charge in [0.15, 0.2) is 17.3 Å². The molecule has 0 saturated carbocycles. The third-order valence-electron chi connectivity index (χ3n) is 3.37. The first-order chi connectivity index (χ1) is 11.1. The first-order valence-electron chi connectivity index (χ1n) is 6.91. The number of aromatic nitrogens is 2. The van der Waals surface area contributed by atoms with Crippen molar-refractivity contribution in [2.45, 2.75) is 13.5 Å². The molecule has 118 valence electrons. The molecule has 1 aliphatic rings. The smallest absolute Gasteiger partial charge is 0.280 e. The van der Waals surface area contributed by atoms with E-state index in [1.807, 2.05) is 6.92 Å². The molecule has 2 heterocycles. The lowest BCUT2D eigenvalue weighted by Gasteiger charge is -2.00. The van der Waals surface area contributed by atoms with E-state index in [0.29, 0.717) is 23.6 Å². The molecule has 0 bridgehead atoms. The van der Waals surface area contributed by atoms with Crippen LogP contribution < -0.4 is 9.47 Å². The van der Waals surface area contributed by atoms with Gasteiger partial charge in [-0.3, -0.25) is 19.6 Å². The van der Waals surface area contributed by atoms with Crippen molar-refractivity contribution < 1.29 is 19.2 Å². The van der Waals surface area contributed by atoms with Gasteiger partial charge in [-0.15, -0.1) is 0 Å². The molecular weight excluding hydrogens is 302 g/mol. The Morgan fingerprint density at radius 1 is 1.43 bits per heavy atom. The van der Waals surface area contributed by atoms with Gasteiger partial charge in [0.2, 0.25) is 6.79 Å². The number of allylic oxidation sites excluding steroid dienone is 1. The molecule has 0 amide bonds. The Balaban J connectivity index is 1.89. The maximum absolute atomic E-state index is 12.1. The van der Waals surface area contributed by atoms with Crippen molar-refractivity contribution in [3.8, 4) is 11.5 Å². The molecule has 0 radical (unpaired) electrons. The number of nitro groups is 1. The zero-order valence-corrected chi connectivity index (χ0v) is 12.3. The minimum atomic E-state index is -0.527. The topological polar surface area (TPSA) is 96.5 Å². The van der Waals surface area contributed by atoms with Crippen LogP contribution in [0.5, 0.6) is 11.5 Å². The van der Waals surface area contributed by atoms with Gasteiger partial charge < -0.3 is 9.47 Å². The molecule has 8 nitrogen and oxygen atoms in total. The molecular formula is C15H13N3O5. The number of carbonyl (C=O) groups excluding carboxylic acids is 1. The Kier molecular flexibility index (Phi) is 3.80. The zero-order chi connectivity index (χ0) is 16.4. The number of nitrogens with zero attached hydrogens (tertiary/aromatic N) is 3. The summed E-state index contributed by atoms with van der Waals surface area (Å²) < 4.78 is 12.0. The average Bonchev–Trinajstić information content (AvgIpc) is 3.19. The van der Waals surface area contributed by atoms with E-state index in [2.05, 4.69) is 5.10 Å². The zero-order valence-electron chi connectivity index (χ0n) is 12.3. The summed E-state index contributed by atoms with van der Waals surface area (Å²) in [5.41, 5.74) is 0.546. The van der Waals surface area contributed by atoms with E-state index in [1.54, 1.807) is 10.9 Å². The molecule has 8 heteroatoms. The van der Waals surface area contributed by atoms with Crippen LogP contribution in [0.4, 0.5) is 5.69 Å². The highest BCUT2D eigenvalue weighted by molar-refractivity contribution is 6.06. The van der Waals surface area contributed by atoms with Gasteiger partial charge in [-0.1, -0.05) is 0 Å². The van der Waals surface area contributed by atoms with Crippen molar-refractivity contribution in [3.63, 3.8) is 0 Å². The van der Waals surface area contributed by atoms with Crippen molar-refractivity contribution in [2.24, 2.45) is 0 Å². The van der Waals surface area contributed by atoms with Crippen LogP contribution in [0.2, 0.25) is 0 Å². The Labute approximate surface area is 131 Å². The Bertz CT molecular complexity index is 809. The number of ketones is 1. The minimum absolute atomic E-state index is 0.0226. The van der Waals surface area contributed by atoms with Crippen molar-refractivity contribution >= 4 is 17.5 Å². The first-order valence-corrected chi connectivity index (χ1v) is 6.91. The predicted octanol–water partition coefficient (Wildman–Crippen LogP) is 2.44. The lowest BCUT2D eigenvalue weighted by atomic mass is 10.1. The highest BCUT2D eigenvalue weighted by Crippen LogP contribution is 2.38. The molecule has 23 heavy (non-hydrogen) atoms. The Hall–Kier alpha value is -3.16. The predicted molar refractivity (Wildman–Crippen MR) is 80.5 cm³/mol. The molecule has 1 aliphatic heterocycles. The summed E-state index contributed by atoms with van der Waals surface area (Å²) >= 11 is 0. The van der Waals surface area contributed by atoms with Crippen LogP contribution in [0.15, 0.2) is 30.6 Å². The van der Waals surface area contributed by atoms with E-state index < -0.39 is 4.92 Å². The van der Waals surface area contributed by atoms with Crippen LogP contribution in [0.1, 0.15) is 22.8 Å². The standard InChI is InChI=1S/C15H13N3O5/c1-2-17-8-11(7-16-17)13(19)4-3-10-5-14-15(23-9-22-14)6-12(10)18(20)21/h3-8H,2,9H2,1H3/b4-3+. The highest BCUT2D eigenvalue weighted by Gasteiger charge is 2.22. The molecule has 1 aromatic carbocycles. The molecule has 2 aromatic rings. The highest BCUT2D eigenvalue weighted by atomic mass is 16.7. The fourth-order valence-electron chi connectivity index (χ4n) is 2.16. The van der Waals surface area contributed by atoms with Crippen molar-refractivity contribution in [1.82, 2.24) is 9.78 Å². The Morgan fingerprint density at radius 3 is 2.83 bits per heavy atom. The molecule has 0 spiro atoms. The number of carbonyl (C=O) groups is 1. The van der Waals surface area contributed by atoms with E-state index >= 15 is 0 Å². The fourth-order valence-corrected chi connectivity index (χ4v) is 2.16. The van der Waals surface area contributed by atoms with Crippen molar-refractivity contribution in [1.29, 1.82) is 0 Å². The van der Waals surface area contributed by atoms with Crippen LogP contribution in [-0.2, 0) is 6.54 Å². The number of hydrogen-bond donors (Lipinski definition) is 0. The average molecular weight is 315 g/mol. The van der Waals surface area contributed by atoms with E-state index in [-0.39, 0.29) is 23.8 Å². The van der Waals surface area contributed by atoms with E-state index in [4.69, 9.17) is 9.47 Å². The maximum atomic E-state index is 12.1. The van der Waals surface area contributed by atoms with Crippen LogP contribution in [0, 0.1) is 10.1 Å². The quantitative estimate of drug-likeness (QED) is 0.364. The molecule has 1 aromatic heterocycles. The normalized spacial score (nSPS) is 12.7. The van der Waals surface area contributed by atoms with E-state index in [0.717, 1.165) is 0 Å². The number of rotatable bonds is 5. The summed E-state index contributed by atoms with van der Waals surface area (Å²) in [5, 5.41) is 15.2. The van der Waals surface area contributed by atoms with Gasteiger partial charge in [0.25, 0.3) is 5.69 Å². The number of nitro benzene ring substituents is 1. The maximum Gasteiger partial charge on any atom is 0.280 e. The molecule has 0 aliphatic carbocycles. The molecule has 0 saturated heterocycles. The van der Waals surface area contributed by atoms with Crippen LogP contribution in [-0.4, -0.2) is 27.3 Å². The monoisotopic (exact) mass is 315 g/mol. The van der Waals surface area contributed by atoms with Crippen LogP contribution >= 0.6 is 0 Å². The largest absolute Gasteiger partial charge is 0.454 e. The molecule has 0 unspecified atom stereocenters. The molecule has 0 atom stereocenters. The summed E-state index contributed by atoms with van der Waals surface area (Å²) in [6.07, 6.45) is 5.76. The van der Waals surface area contributed by atoms with Crippen molar-refractivity contribution in [3.05, 3.63) is 51.8 Å². The second kappa shape index (κ2) is 5.91. The van der Waals surface area contributed by atoms with Gasteiger partial charge in [0.1, 0.15) is 0 Å². The minimum Gasteiger partial charge on any atom is -0.454 e. The summed E-state index contributed by atoms with van der Waals surface area (Å²) in [6, 6.07) is 2.78. The van der Waals surface area contributed by atoms with Gasteiger partial charge in [0.05, 0.1) is 28.3 Å². The van der Waals surface area contributed by atoms with Crippen LogP contribution in [0.3, 0.4) is 0 Å². The second-order valence-corrected chi connectivity index (χ2v) is 4.80. The second-order valence-electron chi connectivity index (χ2n) is 4.80. The first kappa shape index (κ1) is 14.8. The third kappa shape index (κ3) is 2.91.